The van der Waals surface area contributed by atoms with E-state index in [1.165, 1.54) is 12.1 Å². The van der Waals surface area contributed by atoms with E-state index < -0.39 is 10.7 Å². The van der Waals surface area contributed by atoms with Crippen molar-refractivity contribution in [3.8, 4) is 0 Å². The predicted octanol–water partition coefficient (Wildman–Crippen LogP) is 4.04. The lowest BCUT2D eigenvalue weighted by atomic mass is 10.1. The molecule has 2 aromatic rings. The first-order chi connectivity index (χ1) is 12.6. The molecule has 0 unspecified atom stereocenters. The van der Waals surface area contributed by atoms with Crippen molar-refractivity contribution in [3.63, 3.8) is 0 Å². The number of nitro groups is 1. The van der Waals surface area contributed by atoms with Gasteiger partial charge in [-0.25, -0.2) is 4.39 Å². The molecule has 0 amide bonds. The number of nitrogens with zero attached hydrogens (tertiary/aromatic N) is 1. The molecular formula is C19H21FN2O4. The van der Waals surface area contributed by atoms with Crippen LogP contribution in [0.5, 0.6) is 0 Å². The summed E-state index contributed by atoms with van der Waals surface area (Å²) in [6.07, 6.45) is 2.07. The summed E-state index contributed by atoms with van der Waals surface area (Å²) < 4.78 is 25.2. The van der Waals surface area contributed by atoms with Gasteiger partial charge in [0.1, 0.15) is 0 Å². The summed E-state index contributed by atoms with van der Waals surface area (Å²) >= 11 is 0. The molecule has 0 aliphatic carbocycles. The lowest BCUT2D eigenvalue weighted by molar-refractivity contribution is -0.385. The normalized spacial score (nSPS) is 15.0. The van der Waals surface area contributed by atoms with Gasteiger partial charge in [0, 0.05) is 25.8 Å². The zero-order chi connectivity index (χ0) is 18.4. The van der Waals surface area contributed by atoms with Crippen LogP contribution < -0.4 is 5.32 Å². The molecule has 7 heteroatoms. The van der Waals surface area contributed by atoms with E-state index >= 15 is 0 Å². The molecule has 2 aromatic carbocycles. The van der Waals surface area contributed by atoms with Crippen LogP contribution in [0.1, 0.15) is 24.0 Å². The second-order valence-electron chi connectivity index (χ2n) is 6.22. The van der Waals surface area contributed by atoms with Crippen LogP contribution in [0.3, 0.4) is 0 Å². The molecule has 0 radical (unpaired) electrons. The minimum atomic E-state index is -0.641. The second-order valence-corrected chi connectivity index (χ2v) is 6.22. The van der Waals surface area contributed by atoms with Gasteiger partial charge in [-0.1, -0.05) is 24.3 Å². The molecular weight excluding hydrogens is 339 g/mol. The molecule has 6 nitrogen and oxygen atoms in total. The average molecular weight is 360 g/mol. The van der Waals surface area contributed by atoms with Crippen LogP contribution in [0, 0.1) is 15.9 Å². The van der Waals surface area contributed by atoms with Crippen molar-refractivity contribution in [2.75, 3.05) is 18.5 Å². The number of hydrogen-bond donors (Lipinski definition) is 1. The standard InChI is InChI=1S/C19H21FN2O4/c20-18-11-16(22(23)24)4-5-19(18)21-12-14-2-1-3-15(10-14)13-26-17-6-8-25-9-7-17/h1-5,10-11,17,21H,6-9,12-13H2. The molecule has 1 fully saturated rings. The fourth-order valence-corrected chi connectivity index (χ4v) is 2.84. The fraction of sp³-hybridized carbons (Fsp3) is 0.368. The number of nitro benzene ring substituents is 1. The van der Waals surface area contributed by atoms with Gasteiger partial charge in [0.05, 0.1) is 29.4 Å². The summed E-state index contributed by atoms with van der Waals surface area (Å²) in [6.45, 7) is 2.44. The van der Waals surface area contributed by atoms with Crippen LogP contribution in [0.2, 0.25) is 0 Å². The Balaban J connectivity index is 1.56. The maximum Gasteiger partial charge on any atom is 0.272 e. The molecule has 0 saturated carbocycles. The van der Waals surface area contributed by atoms with E-state index in [0.717, 1.165) is 43.2 Å². The lowest BCUT2D eigenvalue weighted by Gasteiger charge is -2.22. The minimum absolute atomic E-state index is 0.236. The molecule has 3 rings (SSSR count). The first kappa shape index (κ1) is 18.3. The summed E-state index contributed by atoms with van der Waals surface area (Å²) in [5.41, 5.74) is 2.01. The van der Waals surface area contributed by atoms with Gasteiger partial charge in [-0.05, 0) is 30.0 Å². The third kappa shape index (κ3) is 5.00. The van der Waals surface area contributed by atoms with Crippen molar-refractivity contribution < 1.29 is 18.8 Å². The highest BCUT2D eigenvalue weighted by molar-refractivity contribution is 5.50. The van der Waals surface area contributed by atoms with Crippen LogP contribution in [-0.2, 0) is 22.6 Å². The summed E-state index contributed by atoms with van der Waals surface area (Å²) in [4.78, 5) is 10.0. The number of halogens is 1. The molecule has 1 aliphatic heterocycles. The number of benzene rings is 2. The molecule has 1 aliphatic rings. The van der Waals surface area contributed by atoms with Crippen LogP contribution >= 0.6 is 0 Å². The fourth-order valence-electron chi connectivity index (χ4n) is 2.84. The Morgan fingerprint density at radius 2 is 1.96 bits per heavy atom. The van der Waals surface area contributed by atoms with Crippen LogP contribution in [-0.4, -0.2) is 24.2 Å². The Hall–Kier alpha value is -2.51. The monoisotopic (exact) mass is 360 g/mol. The molecule has 1 N–H and O–H groups in total. The molecule has 0 aromatic heterocycles. The van der Waals surface area contributed by atoms with E-state index in [-0.39, 0.29) is 17.5 Å². The zero-order valence-corrected chi connectivity index (χ0v) is 14.3. The molecule has 1 saturated heterocycles. The van der Waals surface area contributed by atoms with Gasteiger partial charge in [-0.15, -0.1) is 0 Å². The number of hydrogen-bond acceptors (Lipinski definition) is 5. The number of non-ortho nitro benzene ring substituents is 1. The topological polar surface area (TPSA) is 73.6 Å². The molecule has 0 atom stereocenters. The average Bonchev–Trinajstić information content (AvgIpc) is 2.66. The quantitative estimate of drug-likeness (QED) is 0.596. The van der Waals surface area contributed by atoms with Crippen molar-refractivity contribution in [1.82, 2.24) is 0 Å². The van der Waals surface area contributed by atoms with E-state index in [2.05, 4.69) is 5.32 Å². The third-order valence-corrected chi connectivity index (χ3v) is 4.29. The van der Waals surface area contributed by atoms with Crippen LogP contribution in [0.15, 0.2) is 42.5 Å². The summed E-state index contributed by atoms with van der Waals surface area (Å²) in [5.74, 6) is -0.641. The number of anilines is 1. The van der Waals surface area contributed by atoms with Crippen molar-refractivity contribution in [2.45, 2.75) is 32.1 Å². The van der Waals surface area contributed by atoms with Gasteiger partial charge in [0.25, 0.3) is 5.69 Å². The zero-order valence-electron chi connectivity index (χ0n) is 14.3. The number of rotatable bonds is 7. The Kier molecular flexibility index (Phi) is 6.14. The van der Waals surface area contributed by atoms with Crippen molar-refractivity contribution in [2.24, 2.45) is 0 Å². The Bertz CT molecular complexity index is 763. The largest absolute Gasteiger partial charge is 0.381 e. The Morgan fingerprint density at radius 3 is 2.69 bits per heavy atom. The maximum absolute atomic E-state index is 13.9. The van der Waals surface area contributed by atoms with E-state index in [4.69, 9.17) is 9.47 Å². The number of ether oxygens (including phenoxy) is 2. The van der Waals surface area contributed by atoms with Gasteiger partial charge in [-0.2, -0.15) is 0 Å². The lowest BCUT2D eigenvalue weighted by Crippen LogP contribution is -2.23. The summed E-state index contributed by atoms with van der Waals surface area (Å²) in [6, 6.07) is 11.5. The predicted molar refractivity (Wildman–Crippen MR) is 95.5 cm³/mol. The summed E-state index contributed by atoms with van der Waals surface area (Å²) in [5, 5.41) is 13.6. The highest BCUT2D eigenvalue weighted by Gasteiger charge is 2.14. The molecule has 26 heavy (non-hydrogen) atoms. The Labute approximate surface area is 151 Å². The number of nitrogens with one attached hydrogen (secondary N) is 1. The van der Waals surface area contributed by atoms with E-state index in [1.54, 1.807) is 0 Å². The Morgan fingerprint density at radius 1 is 1.19 bits per heavy atom. The first-order valence-electron chi connectivity index (χ1n) is 8.57. The first-order valence-corrected chi connectivity index (χ1v) is 8.57. The molecule has 138 valence electrons. The third-order valence-electron chi connectivity index (χ3n) is 4.29. The van der Waals surface area contributed by atoms with Gasteiger partial charge >= 0.3 is 0 Å². The SMILES string of the molecule is O=[N+]([O-])c1ccc(NCc2cccc(COC3CCOCC3)c2)c(F)c1. The van der Waals surface area contributed by atoms with Crippen molar-refractivity contribution >= 4 is 11.4 Å². The van der Waals surface area contributed by atoms with Crippen molar-refractivity contribution in [3.05, 3.63) is 69.5 Å². The van der Waals surface area contributed by atoms with Gasteiger partial charge < -0.3 is 14.8 Å². The smallest absolute Gasteiger partial charge is 0.272 e. The van der Waals surface area contributed by atoms with Gasteiger partial charge in [-0.3, -0.25) is 10.1 Å². The summed E-state index contributed by atoms with van der Waals surface area (Å²) in [7, 11) is 0. The van der Waals surface area contributed by atoms with Gasteiger partial charge in [0.2, 0.25) is 0 Å². The van der Waals surface area contributed by atoms with E-state index in [9.17, 15) is 14.5 Å². The highest BCUT2D eigenvalue weighted by atomic mass is 19.1. The maximum atomic E-state index is 13.9. The van der Waals surface area contributed by atoms with E-state index in [0.29, 0.717) is 13.2 Å². The van der Waals surface area contributed by atoms with Crippen LogP contribution in [0.25, 0.3) is 0 Å². The molecule has 0 spiro atoms. The molecule has 1 heterocycles. The van der Waals surface area contributed by atoms with E-state index in [1.807, 2.05) is 24.3 Å². The highest BCUT2D eigenvalue weighted by Crippen LogP contribution is 2.21. The van der Waals surface area contributed by atoms with Crippen molar-refractivity contribution in [1.29, 1.82) is 0 Å². The van der Waals surface area contributed by atoms with Gasteiger partial charge in [0.15, 0.2) is 5.82 Å². The molecule has 0 bridgehead atoms. The minimum Gasteiger partial charge on any atom is -0.381 e. The van der Waals surface area contributed by atoms with Crippen LogP contribution in [0.4, 0.5) is 15.8 Å². The second kappa shape index (κ2) is 8.73.